The van der Waals surface area contributed by atoms with Crippen molar-refractivity contribution in [2.45, 2.75) is 20.1 Å². The molecule has 2 aromatic heterocycles. The third-order valence-electron chi connectivity index (χ3n) is 3.09. The zero-order chi connectivity index (χ0) is 13.4. The van der Waals surface area contributed by atoms with Crippen LogP contribution >= 0.6 is 0 Å². The van der Waals surface area contributed by atoms with E-state index in [0.717, 1.165) is 11.4 Å². The summed E-state index contributed by atoms with van der Waals surface area (Å²) < 4.78 is 7.10. The Morgan fingerprint density at radius 1 is 1.47 bits per heavy atom. The van der Waals surface area contributed by atoms with E-state index in [1.165, 1.54) is 0 Å². The molecule has 0 atom stereocenters. The largest absolute Gasteiger partial charge is 0.476 e. The summed E-state index contributed by atoms with van der Waals surface area (Å²) in [6.07, 6.45) is 0. The second kappa shape index (κ2) is 4.47. The Balaban J connectivity index is 2.23. The van der Waals surface area contributed by atoms with Crippen LogP contribution in [-0.2, 0) is 17.9 Å². The minimum absolute atomic E-state index is 0.0404. The molecule has 0 radical (unpaired) electrons. The number of rotatable bonds is 2. The first kappa shape index (κ1) is 11.9. The van der Waals surface area contributed by atoms with E-state index in [1.807, 2.05) is 19.1 Å². The predicted molar refractivity (Wildman–Crippen MR) is 66.8 cm³/mol. The van der Waals surface area contributed by atoms with E-state index < -0.39 is 5.97 Å². The van der Waals surface area contributed by atoms with E-state index in [1.54, 1.807) is 10.7 Å². The number of carboxylic acid groups (broad SMARTS) is 1. The zero-order valence-electron chi connectivity index (χ0n) is 10.5. The summed E-state index contributed by atoms with van der Waals surface area (Å²) in [7, 11) is 0. The highest BCUT2D eigenvalue weighted by Crippen LogP contribution is 2.28. The first-order valence-electron chi connectivity index (χ1n) is 6.01. The van der Waals surface area contributed by atoms with Crippen LogP contribution in [0.4, 0.5) is 0 Å². The highest BCUT2D eigenvalue weighted by molar-refractivity contribution is 5.94. The molecule has 0 fully saturated rings. The van der Waals surface area contributed by atoms with Crippen LogP contribution in [-0.4, -0.2) is 32.4 Å². The lowest BCUT2D eigenvalue weighted by Crippen LogP contribution is -2.17. The third-order valence-corrected chi connectivity index (χ3v) is 3.09. The van der Waals surface area contributed by atoms with E-state index in [-0.39, 0.29) is 5.69 Å². The predicted octanol–water partition coefficient (Wildman–Crippen LogP) is 1.48. The van der Waals surface area contributed by atoms with Gasteiger partial charge >= 0.3 is 5.97 Å². The van der Waals surface area contributed by atoms with Crippen LogP contribution < -0.4 is 0 Å². The van der Waals surface area contributed by atoms with Crippen molar-refractivity contribution in [3.8, 4) is 11.3 Å². The highest BCUT2D eigenvalue weighted by Gasteiger charge is 2.26. The molecule has 2 aromatic rings. The molecule has 3 heterocycles. The van der Waals surface area contributed by atoms with Crippen LogP contribution in [0.25, 0.3) is 11.3 Å². The summed E-state index contributed by atoms with van der Waals surface area (Å²) in [4.78, 5) is 15.7. The first-order chi connectivity index (χ1) is 9.16. The van der Waals surface area contributed by atoms with Crippen molar-refractivity contribution in [2.24, 2.45) is 0 Å². The number of pyridine rings is 1. The van der Waals surface area contributed by atoms with E-state index in [0.29, 0.717) is 31.0 Å². The van der Waals surface area contributed by atoms with Crippen molar-refractivity contribution in [3.63, 3.8) is 0 Å². The lowest BCUT2D eigenvalue weighted by molar-refractivity contribution is 0.0685. The fourth-order valence-electron chi connectivity index (χ4n) is 2.25. The monoisotopic (exact) mass is 259 g/mol. The molecule has 1 aliphatic rings. The van der Waals surface area contributed by atoms with Gasteiger partial charge in [-0.05, 0) is 19.1 Å². The molecule has 19 heavy (non-hydrogen) atoms. The maximum Gasteiger partial charge on any atom is 0.357 e. The van der Waals surface area contributed by atoms with Gasteiger partial charge in [0.15, 0.2) is 5.69 Å². The molecule has 0 bridgehead atoms. The molecule has 6 nitrogen and oxygen atoms in total. The van der Waals surface area contributed by atoms with Gasteiger partial charge in [0.2, 0.25) is 0 Å². The number of carboxylic acids is 1. The molecule has 6 heteroatoms. The Bertz CT molecular complexity index is 649. The fraction of sp³-hybridized carbons (Fsp3) is 0.308. The maximum absolute atomic E-state index is 11.4. The van der Waals surface area contributed by atoms with Gasteiger partial charge in [-0.15, -0.1) is 0 Å². The Kier molecular flexibility index (Phi) is 2.79. The molecule has 0 aromatic carbocycles. The topological polar surface area (TPSA) is 77.2 Å². The standard InChI is InChI=1S/C13H13N3O3/c1-8-3-2-4-9(14-8)11-10-7-19-6-5-16(10)15-12(11)13(17)18/h2-4H,5-7H2,1H3,(H,17,18). The van der Waals surface area contributed by atoms with Crippen molar-refractivity contribution in [2.75, 3.05) is 6.61 Å². The van der Waals surface area contributed by atoms with Crippen LogP contribution in [0.15, 0.2) is 18.2 Å². The van der Waals surface area contributed by atoms with Crippen molar-refractivity contribution < 1.29 is 14.6 Å². The Morgan fingerprint density at radius 2 is 2.32 bits per heavy atom. The summed E-state index contributed by atoms with van der Waals surface area (Å²) in [6, 6.07) is 5.53. The number of aromatic nitrogens is 3. The molecular formula is C13H13N3O3. The number of nitrogens with zero attached hydrogens (tertiary/aromatic N) is 3. The SMILES string of the molecule is Cc1cccc(-c2c(C(=O)O)nn3c2COCC3)n1. The van der Waals surface area contributed by atoms with Crippen molar-refractivity contribution in [1.82, 2.24) is 14.8 Å². The molecule has 0 saturated carbocycles. The van der Waals surface area contributed by atoms with E-state index in [9.17, 15) is 9.90 Å². The summed E-state index contributed by atoms with van der Waals surface area (Å²) >= 11 is 0. The molecule has 1 N–H and O–H groups in total. The quantitative estimate of drug-likeness (QED) is 0.884. The van der Waals surface area contributed by atoms with Crippen LogP contribution in [0.1, 0.15) is 21.9 Å². The van der Waals surface area contributed by atoms with Gasteiger partial charge < -0.3 is 9.84 Å². The Hall–Kier alpha value is -2.21. The van der Waals surface area contributed by atoms with Gasteiger partial charge in [0, 0.05) is 5.69 Å². The van der Waals surface area contributed by atoms with E-state index in [2.05, 4.69) is 10.1 Å². The summed E-state index contributed by atoms with van der Waals surface area (Å²) in [6.45, 7) is 3.36. The van der Waals surface area contributed by atoms with Crippen LogP contribution in [0.5, 0.6) is 0 Å². The normalized spacial score (nSPS) is 14.2. The minimum atomic E-state index is -1.04. The highest BCUT2D eigenvalue weighted by atomic mass is 16.5. The van der Waals surface area contributed by atoms with Crippen molar-refractivity contribution in [1.29, 1.82) is 0 Å². The zero-order valence-corrected chi connectivity index (χ0v) is 10.5. The number of hydrogen-bond acceptors (Lipinski definition) is 4. The summed E-state index contributed by atoms with van der Waals surface area (Å²) in [5.74, 6) is -1.04. The molecule has 1 aliphatic heterocycles. The summed E-state index contributed by atoms with van der Waals surface area (Å²) in [5, 5.41) is 13.5. The second-order valence-corrected chi connectivity index (χ2v) is 4.42. The van der Waals surface area contributed by atoms with E-state index >= 15 is 0 Å². The molecule has 0 saturated heterocycles. The number of aromatic carboxylic acids is 1. The average molecular weight is 259 g/mol. The van der Waals surface area contributed by atoms with Crippen LogP contribution in [0.2, 0.25) is 0 Å². The summed E-state index contributed by atoms with van der Waals surface area (Å²) in [5.41, 5.74) is 2.85. The number of ether oxygens (including phenoxy) is 1. The van der Waals surface area contributed by atoms with Gasteiger partial charge in [-0.2, -0.15) is 5.10 Å². The molecule has 0 spiro atoms. The van der Waals surface area contributed by atoms with Gasteiger partial charge in [-0.3, -0.25) is 9.67 Å². The molecular weight excluding hydrogens is 246 g/mol. The van der Waals surface area contributed by atoms with E-state index in [4.69, 9.17) is 4.74 Å². The lowest BCUT2D eigenvalue weighted by Gasteiger charge is -2.15. The molecule has 0 unspecified atom stereocenters. The smallest absolute Gasteiger partial charge is 0.357 e. The number of fused-ring (bicyclic) bond motifs is 1. The van der Waals surface area contributed by atoms with Gasteiger partial charge in [0.1, 0.15) is 0 Å². The lowest BCUT2D eigenvalue weighted by atomic mass is 10.1. The fourth-order valence-corrected chi connectivity index (χ4v) is 2.25. The minimum Gasteiger partial charge on any atom is -0.476 e. The van der Waals surface area contributed by atoms with Crippen molar-refractivity contribution in [3.05, 3.63) is 35.3 Å². The van der Waals surface area contributed by atoms with Gasteiger partial charge in [0.05, 0.1) is 36.7 Å². The van der Waals surface area contributed by atoms with Crippen LogP contribution in [0, 0.1) is 6.92 Å². The van der Waals surface area contributed by atoms with Crippen molar-refractivity contribution >= 4 is 5.97 Å². The average Bonchev–Trinajstić information content (AvgIpc) is 2.78. The van der Waals surface area contributed by atoms with Gasteiger partial charge in [-0.1, -0.05) is 6.07 Å². The molecule has 98 valence electrons. The van der Waals surface area contributed by atoms with Gasteiger partial charge in [0.25, 0.3) is 0 Å². The third kappa shape index (κ3) is 2.00. The number of hydrogen-bond donors (Lipinski definition) is 1. The molecule has 3 rings (SSSR count). The Labute approximate surface area is 109 Å². The molecule has 0 aliphatic carbocycles. The van der Waals surface area contributed by atoms with Gasteiger partial charge in [-0.25, -0.2) is 4.79 Å². The second-order valence-electron chi connectivity index (χ2n) is 4.42. The number of carbonyl (C=O) groups is 1. The maximum atomic E-state index is 11.4. The first-order valence-corrected chi connectivity index (χ1v) is 6.01. The number of aryl methyl sites for hydroxylation is 1. The Morgan fingerprint density at radius 3 is 3.05 bits per heavy atom. The van der Waals surface area contributed by atoms with Crippen LogP contribution in [0.3, 0.4) is 0 Å². The molecule has 0 amide bonds.